The normalized spacial score (nSPS) is 14.9. The summed E-state index contributed by atoms with van der Waals surface area (Å²) in [4.78, 5) is 22.4. The van der Waals surface area contributed by atoms with Gasteiger partial charge in [0.25, 0.3) is 0 Å². The Balaban J connectivity index is 0.000000516. The summed E-state index contributed by atoms with van der Waals surface area (Å²) in [6.07, 6.45) is 10.4. The maximum absolute atomic E-state index is 14.7. The highest BCUT2D eigenvalue weighted by atomic mass is 35.5. The van der Waals surface area contributed by atoms with Crippen LogP contribution in [0.15, 0.2) is 55.0 Å². The van der Waals surface area contributed by atoms with Crippen molar-refractivity contribution in [2.45, 2.75) is 25.7 Å². The number of nitrogens with zero attached hydrogens (tertiary/aromatic N) is 4. The number of carbonyl (C=O) groups excluding carboxylic acids is 1. The van der Waals surface area contributed by atoms with Gasteiger partial charge in [-0.1, -0.05) is 0 Å². The lowest BCUT2D eigenvalue weighted by Gasteiger charge is -2.32. The molecule has 0 unspecified atom stereocenters. The van der Waals surface area contributed by atoms with E-state index >= 15 is 0 Å². The topological polar surface area (TPSA) is 110 Å². The second kappa shape index (κ2) is 14.8. The summed E-state index contributed by atoms with van der Waals surface area (Å²) in [5, 5.41) is 6.47. The van der Waals surface area contributed by atoms with Gasteiger partial charge in [-0.3, -0.25) is 9.20 Å². The van der Waals surface area contributed by atoms with E-state index in [0.29, 0.717) is 17.2 Å². The van der Waals surface area contributed by atoms with Crippen molar-refractivity contribution in [2.75, 3.05) is 49.9 Å². The number of nitrogens with one attached hydrogen (secondary N) is 2. The van der Waals surface area contributed by atoms with Gasteiger partial charge in [0.05, 0.1) is 19.0 Å². The predicted octanol–water partition coefficient (Wildman–Crippen LogP) is 5.35. The Bertz CT molecular complexity index is 1460. The van der Waals surface area contributed by atoms with Crippen LogP contribution in [0.25, 0.3) is 16.9 Å². The van der Waals surface area contributed by atoms with E-state index < -0.39 is 11.6 Å². The lowest BCUT2D eigenvalue weighted by atomic mass is 9.96. The van der Waals surface area contributed by atoms with E-state index in [4.69, 9.17) is 10.5 Å². The summed E-state index contributed by atoms with van der Waals surface area (Å²) in [7, 11) is 1.29. The molecule has 4 heterocycles. The lowest BCUT2D eigenvalue weighted by molar-refractivity contribution is -0.122. The molecule has 0 spiro atoms. The number of hydrogen-bond acceptors (Lipinski definition) is 7. The fourth-order valence-corrected chi connectivity index (χ4v) is 5.03. The highest BCUT2D eigenvalue weighted by Crippen LogP contribution is 2.32. The third kappa shape index (κ3) is 7.08. The lowest BCUT2D eigenvalue weighted by Crippen LogP contribution is -2.38. The SMILES string of the molecule is C1CCNC1.CCl.COc1ccc(-c2cnc3c(Nc4ccc(N5CCC(C(N)=O)CC5)cc4)nccn23)c(F)c1F. The van der Waals surface area contributed by atoms with Gasteiger partial charge in [0.1, 0.15) is 0 Å². The molecule has 9 nitrogen and oxygen atoms in total. The first-order chi connectivity index (χ1) is 20.5. The summed E-state index contributed by atoms with van der Waals surface area (Å²) in [6.45, 7) is 4.06. The third-order valence-corrected chi connectivity index (χ3v) is 7.32. The first kappa shape index (κ1) is 31.0. The molecule has 224 valence electrons. The summed E-state index contributed by atoms with van der Waals surface area (Å²) in [6, 6.07) is 10.7. The van der Waals surface area contributed by atoms with Crippen molar-refractivity contribution in [3.05, 3.63) is 66.6 Å². The van der Waals surface area contributed by atoms with Crippen molar-refractivity contribution in [3.63, 3.8) is 0 Å². The van der Waals surface area contributed by atoms with Gasteiger partial charge in [0.2, 0.25) is 11.7 Å². The minimum absolute atomic E-state index is 0.0546. The van der Waals surface area contributed by atoms with Crippen molar-refractivity contribution in [1.82, 2.24) is 19.7 Å². The van der Waals surface area contributed by atoms with E-state index in [1.165, 1.54) is 57.8 Å². The van der Waals surface area contributed by atoms with E-state index in [2.05, 4.69) is 37.1 Å². The first-order valence-corrected chi connectivity index (χ1v) is 14.6. The van der Waals surface area contributed by atoms with Gasteiger partial charge >= 0.3 is 0 Å². The second-order valence-electron chi connectivity index (χ2n) is 9.85. The van der Waals surface area contributed by atoms with Crippen LogP contribution in [0, 0.1) is 17.6 Å². The number of alkyl halides is 1. The molecule has 42 heavy (non-hydrogen) atoms. The van der Waals surface area contributed by atoms with Crippen LogP contribution < -0.4 is 26.0 Å². The Morgan fingerprint density at radius 1 is 1.05 bits per heavy atom. The molecule has 0 saturated carbocycles. The van der Waals surface area contributed by atoms with Crippen molar-refractivity contribution < 1.29 is 18.3 Å². The smallest absolute Gasteiger partial charge is 0.220 e. The number of anilines is 3. The average Bonchev–Trinajstić information content (AvgIpc) is 3.75. The number of benzene rings is 2. The van der Waals surface area contributed by atoms with Gasteiger partial charge in [-0.2, -0.15) is 4.39 Å². The van der Waals surface area contributed by atoms with E-state index in [0.717, 1.165) is 37.3 Å². The number of primary amides is 1. The van der Waals surface area contributed by atoms with E-state index in [-0.39, 0.29) is 23.1 Å². The molecule has 2 aliphatic heterocycles. The number of halogens is 3. The molecule has 0 atom stereocenters. The summed E-state index contributed by atoms with van der Waals surface area (Å²) in [5.41, 5.74) is 8.21. The fraction of sp³-hybridized carbons (Fsp3) is 0.367. The minimum atomic E-state index is -1.05. The molecule has 4 N–H and O–H groups in total. The Labute approximate surface area is 249 Å². The number of nitrogens with two attached hydrogens (primary N) is 1. The highest BCUT2D eigenvalue weighted by molar-refractivity contribution is 6.15. The molecule has 0 bridgehead atoms. The van der Waals surface area contributed by atoms with Gasteiger partial charge in [0.15, 0.2) is 23.0 Å². The molecule has 1 amide bonds. The van der Waals surface area contributed by atoms with Gasteiger partial charge in [0, 0.05) is 54.7 Å². The molecule has 0 radical (unpaired) electrons. The molecule has 2 aromatic heterocycles. The molecular formula is C30H36ClF2N7O2. The quantitative estimate of drug-likeness (QED) is 0.256. The summed E-state index contributed by atoms with van der Waals surface area (Å²) < 4.78 is 35.5. The zero-order chi connectivity index (χ0) is 30.1. The Kier molecular flexibility index (Phi) is 10.9. The Morgan fingerprint density at radius 2 is 1.74 bits per heavy atom. The van der Waals surface area contributed by atoms with Crippen LogP contribution in [0.5, 0.6) is 5.75 Å². The summed E-state index contributed by atoms with van der Waals surface area (Å²) in [5.74, 6) is -2.03. The number of ether oxygens (including phenoxy) is 1. The van der Waals surface area contributed by atoms with Gasteiger partial charge < -0.3 is 26.0 Å². The molecular weight excluding hydrogens is 564 g/mol. The van der Waals surface area contributed by atoms with Crippen LogP contribution in [0.3, 0.4) is 0 Å². The standard InChI is InChI=1S/C25H24F2N6O2.C4H9N.CH3Cl/c1-35-20-7-6-18(21(26)22(20)27)19-14-30-25-24(29-10-13-33(19)25)31-16-2-4-17(5-3-16)32-11-8-15(9-12-32)23(28)34;1-2-4-5-3-1;1-2/h2-7,10,13-15H,8-9,11-12H2,1H3,(H2,28,34)(H,29,31);5H,1-4H2;1H3. The second-order valence-corrected chi connectivity index (χ2v) is 9.85. The number of fused-ring (bicyclic) bond motifs is 1. The zero-order valence-corrected chi connectivity index (χ0v) is 24.5. The van der Waals surface area contributed by atoms with Crippen LogP contribution in [0.2, 0.25) is 0 Å². The number of rotatable bonds is 6. The highest BCUT2D eigenvalue weighted by Gasteiger charge is 2.23. The van der Waals surface area contributed by atoms with Gasteiger partial charge in [-0.15, -0.1) is 11.6 Å². The van der Waals surface area contributed by atoms with Crippen LogP contribution in [-0.2, 0) is 4.79 Å². The number of carbonyl (C=O) groups is 1. The number of amides is 1. The molecule has 2 saturated heterocycles. The van der Waals surface area contributed by atoms with Crippen molar-refractivity contribution >= 4 is 40.3 Å². The van der Waals surface area contributed by atoms with Crippen molar-refractivity contribution in [3.8, 4) is 17.0 Å². The average molecular weight is 600 g/mol. The molecule has 4 aromatic rings. The fourth-order valence-electron chi connectivity index (χ4n) is 5.03. The van der Waals surface area contributed by atoms with Crippen LogP contribution >= 0.6 is 11.6 Å². The zero-order valence-electron chi connectivity index (χ0n) is 23.7. The maximum Gasteiger partial charge on any atom is 0.220 e. The Hall–Kier alpha value is -3.96. The molecule has 0 aliphatic carbocycles. The number of imidazole rings is 1. The van der Waals surface area contributed by atoms with Crippen LogP contribution in [0.4, 0.5) is 26.0 Å². The number of methoxy groups -OCH3 is 1. The molecule has 6 rings (SSSR count). The van der Waals surface area contributed by atoms with E-state index in [1.54, 1.807) is 16.8 Å². The van der Waals surface area contributed by atoms with Gasteiger partial charge in [-0.25, -0.2) is 14.4 Å². The molecule has 2 fully saturated rings. The van der Waals surface area contributed by atoms with Gasteiger partial charge in [-0.05, 0) is 75.2 Å². The monoisotopic (exact) mass is 599 g/mol. The van der Waals surface area contributed by atoms with E-state index in [1.807, 2.05) is 24.3 Å². The number of piperidine rings is 1. The molecule has 2 aromatic carbocycles. The third-order valence-electron chi connectivity index (χ3n) is 7.32. The maximum atomic E-state index is 14.7. The molecule has 2 aliphatic rings. The Morgan fingerprint density at radius 3 is 2.33 bits per heavy atom. The van der Waals surface area contributed by atoms with Crippen molar-refractivity contribution in [2.24, 2.45) is 11.7 Å². The van der Waals surface area contributed by atoms with Crippen molar-refractivity contribution in [1.29, 1.82) is 0 Å². The summed E-state index contributed by atoms with van der Waals surface area (Å²) >= 11 is 4.64. The molecule has 12 heteroatoms. The minimum Gasteiger partial charge on any atom is -0.494 e. The predicted molar refractivity (Wildman–Crippen MR) is 163 cm³/mol. The largest absolute Gasteiger partial charge is 0.494 e. The number of aromatic nitrogens is 3. The van der Waals surface area contributed by atoms with Crippen LogP contribution in [-0.4, -0.2) is 59.9 Å². The first-order valence-electron chi connectivity index (χ1n) is 13.8. The van der Waals surface area contributed by atoms with E-state index in [9.17, 15) is 13.6 Å². The number of hydrogen-bond donors (Lipinski definition) is 3. The van der Waals surface area contributed by atoms with Crippen LogP contribution in [0.1, 0.15) is 25.7 Å².